The standard InChI is InChI=1S/C13H18O2S2/c1-17(14,15)10-9-16-13-8-4-6-11-5-2-3-7-12(11)13/h2-3,5,7,13H,4,6,8-10H2,1H3/t13-/m1/s1. The fraction of sp³-hybridized carbons (Fsp3) is 0.538. The number of thioether (sulfide) groups is 1. The maximum absolute atomic E-state index is 11.1. The first kappa shape index (κ1) is 13.0. The SMILES string of the molecule is CS(=O)(=O)CCS[C@@H]1CCCc2ccccc21. The van der Waals surface area contributed by atoms with E-state index < -0.39 is 9.84 Å². The third kappa shape index (κ3) is 3.75. The zero-order valence-corrected chi connectivity index (χ0v) is 11.7. The number of aryl methyl sites for hydroxylation is 1. The van der Waals surface area contributed by atoms with Crippen LogP contribution in [0.5, 0.6) is 0 Å². The lowest BCUT2D eigenvalue weighted by Crippen LogP contribution is -2.10. The Balaban J connectivity index is 1.99. The lowest BCUT2D eigenvalue weighted by molar-refractivity contribution is 0.603. The zero-order valence-electron chi connectivity index (χ0n) is 10.1. The van der Waals surface area contributed by atoms with Crippen molar-refractivity contribution >= 4 is 21.6 Å². The molecule has 4 heteroatoms. The molecule has 1 aliphatic rings. The van der Waals surface area contributed by atoms with Crippen molar-refractivity contribution < 1.29 is 8.42 Å². The van der Waals surface area contributed by atoms with Gasteiger partial charge in [-0.3, -0.25) is 0 Å². The van der Waals surface area contributed by atoms with Crippen LogP contribution >= 0.6 is 11.8 Å². The number of hydrogen-bond donors (Lipinski definition) is 0. The summed E-state index contributed by atoms with van der Waals surface area (Å²) in [6.07, 6.45) is 4.86. The van der Waals surface area contributed by atoms with Gasteiger partial charge < -0.3 is 0 Å². The number of fused-ring (bicyclic) bond motifs is 1. The molecule has 0 spiro atoms. The Morgan fingerprint density at radius 1 is 1.35 bits per heavy atom. The second kappa shape index (κ2) is 5.44. The summed E-state index contributed by atoms with van der Waals surface area (Å²) in [6.45, 7) is 0. The molecule has 0 bridgehead atoms. The molecule has 0 saturated carbocycles. The van der Waals surface area contributed by atoms with E-state index >= 15 is 0 Å². The lowest BCUT2D eigenvalue weighted by Gasteiger charge is -2.24. The van der Waals surface area contributed by atoms with Crippen molar-refractivity contribution in [2.75, 3.05) is 17.8 Å². The molecule has 1 aromatic rings. The molecule has 0 fully saturated rings. The van der Waals surface area contributed by atoms with Gasteiger partial charge >= 0.3 is 0 Å². The number of rotatable bonds is 4. The molecule has 2 rings (SSSR count). The minimum atomic E-state index is -2.82. The quantitative estimate of drug-likeness (QED) is 0.843. The van der Waals surface area contributed by atoms with Crippen LogP contribution in [0.15, 0.2) is 24.3 Å². The molecule has 0 unspecified atom stereocenters. The van der Waals surface area contributed by atoms with E-state index in [0.29, 0.717) is 11.0 Å². The van der Waals surface area contributed by atoms with Gasteiger partial charge in [-0.2, -0.15) is 11.8 Å². The number of sulfone groups is 1. The van der Waals surface area contributed by atoms with Crippen molar-refractivity contribution in [3.8, 4) is 0 Å². The third-order valence-corrected chi connectivity index (χ3v) is 5.62. The molecule has 0 aliphatic heterocycles. The molecule has 2 nitrogen and oxygen atoms in total. The highest BCUT2D eigenvalue weighted by atomic mass is 32.2. The summed E-state index contributed by atoms with van der Waals surface area (Å²) in [5.41, 5.74) is 2.85. The maximum Gasteiger partial charge on any atom is 0.148 e. The van der Waals surface area contributed by atoms with Crippen molar-refractivity contribution in [1.29, 1.82) is 0 Å². The molecule has 0 radical (unpaired) electrons. The van der Waals surface area contributed by atoms with E-state index in [4.69, 9.17) is 0 Å². The minimum absolute atomic E-state index is 0.288. The van der Waals surface area contributed by atoms with E-state index in [9.17, 15) is 8.42 Å². The first-order valence-corrected chi connectivity index (χ1v) is 9.04. The zero-order chi connectivity index (χ0) is 12.3. The average Bonchev–Trinajstić information content (AvgIpc) is 2.28. The Morgan fingerprint density at radius 3 is 2.88 bits per heavy atom. The normalized spacial score (nSPS) is 19.9. The smallest absolute Gasteiger partial charge is 0.148 e. The highest BCUT2D eigenvalue weighted by molar-refractivity contribution is 8.00. The van der Waals surface area contributed by atoms with Gasteiger partial charge in [-0.05, 0) is 30.4 Å². The van der Waals surface area contributed by atoms with E-state index in [0.717, 1.165) is 0 Å². The van der Waals surface area contributed by atoms with Gasteiger partial charge in [-0.25, -0.2) is 8.42 Å². The Hall–Kier alpha value is -0.480. The summed E-state index contributed by atoms with van der Waals surface area (Å²) in [5.74, 6) is 0.994. The van der Waals surface area contributed by atoms with Crippen LogP contribution in [0.25, 0.3) is 0 Å². The largest absolute Gasteiger partial charge is 0.229 e. The number of hydrogen-bond acceptors (Lipinski definition) is 3. The van der Waals surface area contributed by atoms with Crippen LogP contribution in [0.4, 0.5) is 0 Å². The van der Waals surface area contributed by atoms with Gasteiger partial charge in [0.25, 0.3) is 0 Å². The molecule has 0 amide bonds. The van der Waals surface area contributed by atoms with E-state index in [1.54, 1.807) is 11.8 Å². The molecule has 0 N–H and O–H groups in total. The predicted octanol–water partition coefficient (Wildman–Crippen LogP) is 2.84. The van der Waals surface area contributed by atoms with Crippen LogP contribution in [0.3, 0.4) is 0 Å². The summed E-state index contributed by atoms with van der Waals surface area (Å²) < 4.78 is 22.2. The maximum atomic E-state index is 11.1. The van der Waals surface area contributed by atoms with Crippen molar-refractivity contribution in [3.63, 3.8) is 0 Å². The molecule has 17 heavy (non-hydrogen) atoms. The fourth-order valence-corrected chi connectivity index (χ4v) is 4.85. The highest BCUT2D eigenvalue weighted by Gasteiger charge is 2.20. The Labute approximate surface area is 108 Å². The van der Waals surface area contributed by atoms with E-state index in [1.807, 2.05) is 0 Å². The van der Waals surface area contributed by atoms with Crippen molar-refractivity contribution in [2.24, 2.45) is 0 Å². The summed E-state index contributed by atoms with van der Waals surface area (Å²) in [7, 11) is -2.82. The van der Waals surface area contributed by atoms with Crippen LogP contribution in [0.2, 0.25) is 0 Å². The molecule has 1 aromatic carbocycles. The monoisotopic (exact) mass is 270 g/mol. The van der Waals surface area contributed by atoms with Crippen LogP contribution < -0.4 is 0 Å². The van der Waals surface area contributed by atoms with Crippen LogP contribution in [-0.2, 0) is 16.3 Å². The lowest BCUT2D eigenvalue weighted by atomic mass is 9.91. The van der Waals surface area contributed by atoms with Crippen LogP contribution in [0.1, 0.15) is 29.2 Å². The third-order valence-electron chi connectivity index (χ3n) is 3.09. The Kier molecular flexibility index (Phi) is 4.15. The Bertz CT molecular complexity index is 480. The van der Waals surface area contributed by atoms with Crippen LogP contribution in [-0.4, -0.2) is 26.2 Å². The fourth-order valence-electron chi connectivity index (χ4n) is 2.22. The van der Waals surface area contributed by atoms with Gasteiger partial charge in [0.15, 0.2) is 0 Å². The average molecular weight is 270 g/mol. The highest BCUT2D eigenvalue weighted by Crippen LogP contribution is 2.39. The second-order valence-corrected chi connectivity index (χ2v) is 8.15. The van der Waals surface area contributed by atoms with E-state index in [1.165, 1.54) is 36.6 Å². The van der Waals surface area contributed by atoms with E-state index in [-0.39, 0.29) is 5.75 Å². The minimum Gasteiger partial charge on any atom is -0.229 e. The summed E-state index contributed by atoms with van der Waals surface area (Å²) in [5, 5.41) is 0.488. The van der Waals surface area contributed by atoms with Gasteiger partial charge in [0.2, 0.25) is 0 Å². The summed E-state index contributed by atoms with van der Waals surface area (Å²) in [6, 6.07) is 8.54. The molecule has 0 aromatic heterocycles. The van der Waals surface area contributed by atoms with Crippen LogP contribution in [0, 0.1) is 0 Å². The molecular formula is C13H18O2S2. The molecular weight excluding hydrogens is 252 g/mol. The van der Waals surface area contributed by atoms with Crippen molar-refractivity contribution in [2.45, 2.75) is 24.5 Å². The molecule has 0 saturated heterocycles. The van der Waals surface area contributed by atoms with Gasteiger partial charge in [0, 0.05) is 17.3 Å². The first-order valence-electron chi connectivity index (χ1n) is 5.93. The topological polar surface area (TPSA) is 34.1 Å². The summed E-state index contributed by atoms with van der Waals surface area (Å²) in [4.78, 5) is 0. The second-order valence-electron chi connectivity index (χ2n) is 4.58. The van der Waals surface area contributed by atoms with Gasteiger partial charge in [-0.15, -0.1) is 0 Å². The predicted molar refractivity (Wildman–Crippen MR) is 74.3 cm³/mol. The molecule has 1 atom stereocenters. The first-order chi connectivity index (χ1) is 8.06. The summed E-state index contributed by atoms with van der Waals surface area (Å²) >= 11 is 1.79. The molecule has 1 aliphatic carbocycles. The van der Waals surface area contributed by atoms with Crippen molar-refractivity contribution in [1.82, 2.24) is 0 Å². The van der Waals surface area contributed by atoms with E-state index in [2.05, 4.69) is 24.3 Å². The molecule has 94 valence electrons. The van der Waals surface area contributed by atoms with Gasteiger partial charge in [-0.1, -0.05) is 24.3 Å². The number of benzene rings is 1. The Morgan fingerprint density at radius 2 is 2.12 bits per heavy atom. The van der Waals surface area contributed by atoms with Crippen molar-refractivity contribution in [3.05, 3.63) is 35.4 Å². The molecule has 0 heterocycles. The van der Waals surface area contributed by atoms with Gasteiger partial charge in [0.1, 0.15) is 9.84 Å². The van der Waals surface area contributed by atoms with Gasteiger partial charge in [0.05, 0.1) is 5.75 Å².